The number of nitrogens with two attached hydrogens (primary N) is 1. The summed E-state index contributed by atoms with van der Waals surface area (Å²) in [6.45, 7) is 3.81. The van der Waals surface area contributed by atoms with Gasteiger partial charge in [0.1, 0.15) is 11.5 Å². The van der Waals surface area contributed by atoms with Gasteiger partial charge in [-0.05, 0) is 26.0 Å². The molecule has 2 rings (SSSR count). The fraction of sp³-hybridized carbons (Fsp3) is 0.182. The molecule has 0 radical (unpaired) electrons. The topological polar surface area (TPSA) is 76.7 Å². The molecule has 5 nitrogen and oxygen atoms in total. The molecule has 2 aromatic heterocycles. The van der Waals surface area contributed by atoms with Crippen molar-refractivity contribution >= 4 is 17.4 Å². The van der Waals surface area contributed by atoms with E-state index in [1.807, 2.05) is 13.8 Å². The number of hydrazine groups is 1. The van der Waals surface area contributed by atoms with Crippen molar-refractivity contribution in [2.24, 2.45) is 5.84 Å². The zero-order valence-electron chi connectivity index (χ0n) is 9.53. The number of pyridine rings is 1. The lowest BCUT2D eigenvalue weighted by Gasteiger charge is -2.08. The molecule has 0 unspecified atom stereocenters. The van der Waals surface area contributed by atoms with Gasteiger partial charge < -0.3 is 5.43 Å². The fourth-order valence-electron chi connectivity index (χ4n) is 1.39. The number of aromatic nitrogens is 3. The SMILES string of the molecule is Cc1nc(-c2ccc(Cl)cn2)nc(NN)c1C. The van der Waals surface area contributed by atoms with Crippen LogP contribution in [0.1, 0.15) is 11.3 Å². The zero-order valence-corrected chi connectivity index (χ0v) is 10.3. The quantitative estimate of drug-likeness (QED) is 0.630. The van der Waals surface area contributed by atoms with E-state index in [1.54, 1.807) is 18.3 Å². The third-order valence-corrected chi connectivity index (χ3v) is 2.71. The highest BCUT2D eigenvalue weighted by Crippen LogP contribution is 2.20. The first-order valence-corrected chi connectivity index (χ1v) is 5.43. The molecular formula is C11H12ClN5. The molecule has 0 aromatic carbocycles. The molecule has 0 saturated carbocycles. The molecule has 0 spiro atoms. The first-order valence-electron chi connectivity index (χ1n) is 5.05. The lowest BCUT2D eigenvalue weighted by Crippen LogP contribution is -2.12. The molecule has 6 heteroatoms. The van der Waals surface area contributed by atoms with E-state index in [0.29, 0.717) is 22.4 Å². The smallest absolute Gasteiger partial charge is 0.180 e. The molecule has 17 heavy (non-hydrogen) atoms. The van der Waals surface area contributed by atoms with Crippen molar-refractivity contribution in [1.82, 2.24) is 15.0 Å². The van der Waals surface area contributed by atoms with Crippen LogP contribution in [0.3, 0.4) is 0 Å². The average Bonchev–Trinajstić information content (AvgIpc) is 2.33. The Morgan fingerprint density at radius 3 is 2.59 bits per heavy atom. The van der Waals surface area contributed by atoms with Crippen molar-refractivity contribution in [2.45, 2.75) is 13.8 Å². The van der Waals surface area contributed by atoms with E-state index in [-0.39, 0.29) is 0 Å². The van der Waals surface area contributed by atoms with Gasteiger partial charge in [0, 0.05) is 17.5 Å². The van der Waals surface area contributed by atoms with Gasteiger partial charge in [-0.25, -0.2) is 15.8 Å². The van der Waals surface area contributed by atoms with Gasteiger partial charge in [-0.2, -0.15) is 0 Å². The molecule has 88 valence electrons. The average molecular weight is 250 g/mol. The second-order valence-corrected chi connectivity index (χ2v) is 4.05. The summed E-state index contributed by atoms with van der Waals surface area (Å²) in [7, 11) is 0. The molecule has 0 fully saturated rings. The van der Waals surface area contributed by atoms with Crippen molar-refractivity contribution < 1.29 is 0 Å². The number of nitrogens with zero attached hydrogens (tertiary/aromatic N) is 3. The second kappa shape index (κ2) is 4.65. The van der Waals surface area contributed by atoms with E-state index in [2.05, 4.69) is 20.4 Å². The van der Waals surface area contributed by atoms with Crippen molar-refractivity contribution in [2.75, 3.05) is 5.43 Å². The van der Waals surface area contributed by atoms with Gasteiger partial charge in [0.05, 0.1) is 5.02 Å². The van der Waals surface area contributed by atoms with Crippen molar-refractivity contribution in [1.29, 1.82) is 0 Å². The van der Waals surface area contributed by atoms with Crippen LogP contribution in [-0.2, 0) is 0 Å². The molecule has 0 aliphatic carbocycles. The van der Waals surface area contributed by atoms with Crippen LogP contribution in [0.25, 0.3) is 11.5 Å². The Morgan fingerprint density at radius 1 is 1.24 bits per heavy atom. The van der Waals surface area contributed by atoms with Crippen LogP contribution in [0.5, 0.6) is 0 Å². The zero-order chi connectivity index (χ0) is 12.4. The molecule has 2 aromatic rings. The van der Waals surface area contributed by atoms with Crippen LogP contribution < -0.4 is 11.3 Å². The number of nitrogen functional groups attached to an aromatic ring is 1. The van der Waals surface area contributed by atoms with E-state index in [9.17, 15) is 0 Å². The number of halogens is 1. The van der Waals surface area contributed by atoms with E-state index in [4.69, 9.17) is 17.4 Å². The Morgan fingerprint density at radius 2 is 2.00 bits per heavy atom. The molecular weight excluding hydrogens is 238 g/mol. The number of hydrogen-bond acceptors (Lipinski definition) is 5. The molecule has 0 amide bonds. The summed E-state index contributed by atoms with van der Waals surface area (Å²) >= 11 is 5.78. The highest BCUT2D eigenvalue weighted by molar-refractivity contribution is 6.30. The highest BCUT2D eigenvalue weighted by atomic mass is 35.5. The molecule has 0 bridgehead atoms. The normalized spacial score (nSPS) is 10.4. The number of aryl methyl sites for hydroxylation is 1. The Labute approximate surface area is 104 Å². The summed E-state index contributed by atoms with van der Waals surface area (Å²) in [6.07, 6.45) is 1.56. The number of anilines is 1. The van der Waals surface area contributed by atoms with Crippen LogP contribution in [0, 0.1) is 13.8 Å². The lowest BCUT2D eigenvalue weighted by molar-refractivity contribution is 1.04. The minimum absolute atomic E-state index is 0.526. The van der Waals surface area contributed by atoms with Crippen molar-refractivity contribution in [3.8, 4) is 11.5 Å². The summed E-state index contributed by atoms with van der Waals surface area (Å²) < 4.78 is 0. The maximum absolute atomic E-state index is 5.78. The first-order chi connectivity index (χ1) is 8.11. The summed E-state index contributed by atoms with van der Waals surface area (Å²) in [5.41, 5.74) is 5.00. The third-order valence-electron chi connectivity index (χ3n) is 2.48. The first kappa shape index (κ1) is 11.8. The standard InChI is InChI=1S/C11H12ClN5/c1-6-7(2)15-11(16-10(6)17-13)9-4-3-8(12)5-14-9/h3-5H,13H2,1-2H3,(H,15,16,17). The van der Waals surface area contributed by atoms with Gasteiger partial charge in [-0.15, -0.1) is 0 Å². The van der Waals surface area contributed by atoms with E-state index in [0.717, 1.165) is 11.3 Å². The van der Waals surface area contributed by atoms with Gasteiger partial charge in [0.2, 0.25) is 0 Å². The molecule has 0 aliphatic heterocycles. The van der Waals surface area contributed by atoms with Crippen LogP contribution in [0.15, 0.2) is 18.3 Å². The minimum atomic E-state index is 0.526. The van der Waals surface area contributed by atoms with E-state index in [1.165, 1.54) is 0 Å². The Kier molecular flexibility index (Phi) is 3.21. The second-order valence-electron chi connectivity index (χ2n) is 3.61. The third kappa shape index (κ3) is 2.35. The van der Waals surface area contributed by atoms with Crippen LogP contribution in [-0.4, -0.2) is 15.0 Å². The summed E-state index contributed by atoms with van der Waals surface area (Å²) in [6, 6.07) is 3.52. The van der Waals surface area contributed by atoms with Crippen LogP contribution in [0.4, 0.5) is 5.82 Å². The Balaban J connectivity index is 2.52. The Bertz CT molecular complexity index is 538. The monoisotopic (exact) mass is 249 g/mol. The predicted octanol–water partition coefficient (Wildman–Crippen LogP) is 2.09. The number of rotatable bonds is 2. The molecule has 0 atom stereocenters. The summed E-state index contributed by atoms with van der Waals surface area (Å²) in [4.78, 5) is 12.8. The van der Waals surface area contributed by atoms with Crippen molar-refractivity contribution in [3.05, 3.63) is 34.6 Å². The summed E-state index contributed by atoms with van der Waals surface area (Å²) in [5, 5.41) is 0.578. The molecule has 0 aliphatic rings. The lowest BCUT2D eigenvalue weighted by atomic mass is 10.2. The van der Waals surface area contributed by atoms with Gasteiger partial charge in [0.25, 0.3) is 0 Å². The number of nitrogens with one attached hydrogen (secondary N) is 1. The van der Waals surface area contributed by atoms with Crippen molar-refractivity contribution in [3.63, 3.8) is 0 Å². The maximum atomic E-state index is 5.78. The molecule has 3 N–H and O–H groups in total. The van der Waals surface area contributed by atoms with Crippen LogP contribution in [0.2, 0.25) is 5.02 Å². The minimum Gasteiger partial charge on any atom is -0.308 e. The van der Waals surface area contributed by atoms with Crippen LogP contribution >= 0.6 is 11.6 Å². The van der Waals surface area contributed by atoms with Gasteiger partial charge >= 0.3 is 0 Å². The number of hydrogen-bond donors (Lipinski definition) is 2. The Hall–Kier alpha value is -1.72. The predicted molar refractivity (Wildman–Crippen MR) is 67.6 cm³/mol. The largest absolute Gasteiger partial charge is 0.308 e. The maximum Gasteiger partial charge on any atom is 0.180 e. The van der Waals surface area contributed by atoms with Gasteiger partial charge in [-0.3, -0.25) is 4.98 Å². The highest BCUT2D eigenvalue weighted by Gasteiger charge is 2.09. The summed E-state index contributed by atoms with van der Waals surface area (Å²) in [5.74, 6) is 6.54. The van der Waals surface area contributed by atoms with E-state index >= 15 is 0 Å². The van der Waals surface area contributed by atoms with E-state index < -0.39 is 0 Å². The van der Waals surface area contributed by atoms with Gasteiger partial charge in [0.15, 0.2) is 5.82 Å². The molecule has 2 heterocycles. The van der Waals surface area contributed by atoms with Gasteiger partial charge in [-0.1, -0.05) is 11.6 Å². The fourth-order valence-corrected chi connectivity index (χ4v) is 1.50. The molecule has 0 saturated heterocycles.